The van der Waals surface area contributed by atoms with E-state index >= 15 is 0 Å². The van der Waals surface area contributed by atoms with Gasteiger partial charge in [0.1, 0.15) is 24.2 Å². The van der Waals surface area contributed by atoms with Crippen molar-refractivity contribution in [3.63, 3.8) is 0 Å². The molecule has 0 aromatic heterocycles. The molecule has 1 N–H and O–H groups in total. The van der Waals surface area contributed by atoms with Crippen LogP contribution in [-0.4, -0.2) is 92.9 Å². The molecule has 1 amide bonds. The van der Waals surface area contributed by atoms with Gasteiger partial charge in [0.05, 0.1) is 13.7 Å². The summed E-state index contributed by atoms with van der Waals surface area (Å²) in [6.45, 7) is 3.31. The smallest absolute Gasteiger partial charge is 0.236 e. The fourth-order valence-electron chi connectivity index (χ4n) is 2.79. The third kappa shape index (κ3) is 5.88. The van der Waals surface area contributed by atoms with E-state index < -0.39 is 6.10 Å². The summed E-state index contributed by atoms with van der Waals surface area (Å²) in [5.41, 5.74) is 0.953. The molecule has 0 spiro atoms. The van der Waals surface area contributed by atoms with Gasteiger partial charge >= 0.3 is 0 Å². The minimum absolute atomic E-state index is 0.123. The zero-order valence-electron chi connectivity index (χ0n) is 15.6. The van der Waals surface area contributed by atoms with E-state index in [0.29, 0.717) is 25.4 Å². The highest BCUT2D eigenvalue weighted by Gasteiger charge is 2.22. The van der Waals surface area contributed by atoms with Crippen molar-refractivity contribution in [2.45, 2.75) is 12.6 Å². The highest BCUT2D eigenvalue weighted by molar-refractivity contribution is 5.78. The summed E-state index contributed by atoms with van der Waals surface area (Å²) in [5, 5.41) is 10.0. The average molecular weight is 351 g/mol. The summed E-state index contributed by atoms with van der Waals surface area (Å²) in [4.78, 5) is 17.7. The maximum absolute atomic E-state index is 11.9. The van der Waals surface area contributed by atoms with Gasteiger partial charge in [0.2, 0.25) is 5.91 Å². The summed E-state index contributed by atoms with van der Waals surface area (Å²) in [5.74, 6) is 1.58. The van der Waals surface area contributed by atoms with Crippen molar-refractivity contribution in [1.29, 1.82) is 0 Å². The van der Waals surface area contributed by atoms with Gasteiger partial charge in [-0.15, -0.1) is 0 Å². The number of methoxy groups -OCH3 is 1. The van der Waals surface area contributed by atoms with Gasteiger partial charge in [-0.3, -0.25) is 9.69 Å². The van der Waals surface area contributed by atoms with E-state index in [0.717, 1.165) is 24.4 Å². The van der Waals surface area contributed by atoms with Crippen LogP contribution in [0.5, 0.6) is 11.5 Å². The average Bonchev–Trinajstić information content (AvgIpc) is 2.56. The van der Waals surface area contributed by atoms with Gasteiger partial charge < -0.3 is 24.4 Å². The number of carbonyl (C=O) groups is 1. The van der Waals surface area contributed by atoms with Crippen LogP contribution in [0, 0.1) is 0 Å². The third-order valence-electron chi connectivity index (χ3n) is 4.20. The molecule has 1 aromatic carbocycles. The number of amides is 1. The number of carbonyl (C=O) groups excluding carboxylic acids is 1. The molecule has 140 valence electrons. The molecule has 25 heavy (non-hydrogen) atoms. The number of likely N-dealkylation sites (N-methyl/N-ethyl adjacent to an activating group) is 2. The zero-order chi connectivity index (χ0) is 18.4. The fraction of sp³-hybridized carbons (Fsp3) is 0.611. The van der Waals surface area contributed by atoms with Crippen molar-refractivity contribution in [3.8, 4) is 11.5 Å². The number of ether oxygens (including phenoxy) is 2. The number of piperazine rings is 1. The van der Waals surface area contributed by atoms with Gasteiger partial charge in [0.15, 0.2) is 0 Å². The van der Waals surface area contributed by atoms with Crippen LogP contribution in [0.3, 0.4) is 0 Å². The van der Waals surface area contributed by atoms with Gasteiger partial charge in [-0.2, -0.15) is 0 Å². The fourth-order valence-corrected chi connectivity index (χ4v) is 2.79. The van der Waals surface area contributed by atoms with E-state index in [-0.39, 0.29) is 12.5 Å². The second-order valence-corrected chi connectivity index (χ2v) is 6.73. The van der Waals surface area contributed by atoms with Crippen molar-refractivity contribution in [3.05, 3.63) is 23.8 Å². The first-order chi connectivity index (χ1) is 11.9. The lowest BCUT2D eigenvalue weighted by Crippen LogP contribution is -2.48. The van der Waals surface area contributed by atoms with Crippen LogP contribution in [-0.2, 0) is 11.3 Å². The first-order valence-corrected chi connectivity index (χ1v) is 8.48. The van der Waals surface area contributed by atoms with Crippen LogP contribution in [0.4, 0.5) is 0 Å². The molecule has 0 saturated carbocycles. The minimum Gasteiger partial charge on any atom is -0.497 e. The monoisotopic (exact) mass is 351 g/mol. The lowest BCUT2D eigenvalue weighted by molar-refractivity contribution is -0.134. The van der Waals surface area contributed by atoms with Crippen LogP contribution < -0.4 is 9.47 Å². The van der Waals surface area contributed by atoms with E-state index in [1.54, 1.807) is 12.0 Å². The molecule has 1 aliphatic rings. The second-order valence-electron chi connectivity index (χ2n) is 6.73. The lowest BCUT2D eigenvalue weighted by atomic mass is 10.1. The van der Waals surface area contributed by atoms with Crippen molar-refractivity contribution in [2.24, 2.45) is 0 Å². The number of nitrogens with zero attached hydrogens (tertiary/aromatic N) is 3. The lowest BCUT2D eigenvalue weighted by Gasteiger charge is -2.32. The molecule has 1 saturated heterocycles. The van der Waals surface area contributed by atoms with E-state index in [1.807, 2.05) is 44.2 Å². The summed E-state index contributed by atoms with van der Waals surface area (Å²) < 4.78 is 11.1. The molecule has 1 aliphatic heterocycles. The van der Waals surface area contributed by atoms with Gasteiger partial charge in [-0.25, -0.2) is 0 Å². The molecular weight excluding hydrogens is 322 g/mol. The first kappa shape index (κ1) is 19.5. The molecule has 7 nitrogen and oxygen atoms in total. The Hall–Kier alpha value is -1.83. The molecule has 7 heteroatoms. The van der Waals surface area contributed by atoms with Crippen molar-refractivity contribution in [1.82, 2.24) is 14.7 Å². The van der Waals surface area contributed by atoms with Crippen molar-refractivity contribution >= 4 is 5.91 Å². The normalized spacial score (nSPS) is 17.0. The maximum atomic E-state index is 11.9. The standard InChI is InChI=1S/C18H29N3O4/c1-19(2)11-15(22)13-25-17-6-5-16(24-4)9-14(17)10-21-8-7-20(3)18(23)12-21/h5-6,9,15,22H,7-8,10-13H2,1-4H3/t15-/m1/s1. The number of rotatable bonds is 8. The molecule has 0 bridgehead atoms. The Bertz CT molecular complexity index is 579. The first-order valence-electron chi connectivity index (χ1n) is 8.48. The highest BCUT2D eigenvalue weighted by Crippen LogP contribution is 2.26. The summed E-state index contributed by atoms with van der Waals surface area (Å²) >= 11 is 0. The SMILES string of the molecule is COc1ccc(OC[C@H](O)CN(C)C)c(CN2CCN(C)C(=O)C2)c1. The van der Waals surface area contributed by atoms with Crippen molar-refractivity contribution in [2.75, 3.05) is 61.0 Å². The van der Waals surface area contributed by atoms with Crippen LogP contribution in [0.1, 0.15) is 5.56 Å². The largest absolute Gasteiger partial charge is 0.497 e. The summed E-state index contributed by atoms with van der Waals surface area (Å²) in [6.07, 6.45) is -0.560. The van der Waals surface area contributed by atoms with E-state index in [1.165, 1.54) is 0 Å². The predicted octanol–water partition coefficient (Wildman–Crippen LogP) is 0.271. The van der Waals surface area contributed by atoms with Crippen LogP contribution in [0.25, 0.3) is 0 Å². The quantitative estimate of drug-likeness (QED) is 0.725. The maximum Gasteiger partial charge on any atom is 0.236 e. The molecule has 0 radical (unpaired) electrons. The van der Waals surface area contributed by atoms with E-state index in [4.69, 9.17) is 9.47 Å². The minimum atomic E-state index is -0.560. The molecular formula is C18H29N3O4. The number of aliphatic hydroxyl groups excluding tert-OH is 1. The molecule has 0 unspecified atom stereocenters. The van der Waals surface area contributed by atoms with Crippen LogP contribution >= 0.6 is 0 Å². The molecule has 1 fully saturated rings. The molecule has 0 aliphatic carbocycles. The Labute approximate surface area is 149 Å². The molecule has 1 atom stereocenters. The number of benzene rings is 1. The topological polar surface area (TPSA) is 65.5 Å². The molecule has 1 heterocycles. The zero-order valence-corrected chi connectivity index (χ0v) is 15.6. The Morgan fingerprint density at radius 2 is 2.08 bits per heavy atom. The van der Waals surface area contributed by atoms with Gasteiger partial charge in [-0.1, -0.05) is 0 Å². The third-order valence-corrected chi connectivity index (χ3v) is 4.20. The number of aliphatic hydroxyl groups is 1. The summed E-state index contributed by atoms with van der Waals surface area (Å²) in [7, 11) is 7.27. The Morgan fingerprint density at radius 3 is 2.72 bits per heavy atom. The highest BCUT2D eigenvalue weighted by atomic mass is 16.5. The van der Waals surface area contributed by atoms with Gasteiger partial charge in [0.25, 0.3) is 0 Å². The van der Waals surface area contributed by atoms with E-state index in [9.17, 15) is 9.90 Å². The Morgan fingerprint density at radius 1 is 1.32 bits per heavy atom. The summed E-state index contributed by atoms with van der Waals surface area (Å²) in [6, 6.07) is 5.62. The number of hydrogen-bond donors (Lipinski definition) is 1. The Balaban J connectivity index is 2.05. The predicted molar refractivity (Wildman–Crippen MR) is 96.0 cm³/mol. The van der Waals surface area contributed by atoms with Gasteiger partial charge in [-0.05, 0) is 32.3 Å². The Kier molecular flexibility index (Phi) is 7.04. The number of hydrogen-bond acceptors (Lipinski definition) is 6. The van der Waals surface area contributed by atoms with Crippen LogP contribution in [0.2, 0.25) is 0 Å². The van der Waals surface area contributed by atoms with Crippen LogP contribution in [0.15, 0.2) is 18.2 Å². The second kappa shape index (κ2) is 9.03. The molecule has 2 rings (SSSR count). The molecule has 1 aromatic rings. The van der Waals surface area contributed by atoms with E-state index in [2.05, 4.69) is 4.90 Å². The van der Waals surface area contributed by atoms with Gasteiger partial charge in [0, 0.05) is 38.8 Å². The van der Waals surface area contributed by atoms with Crippen molar-refractivity contribution < 1.29 is 19.4 Å².